The Bertz CT molecular complexity index is 577. The Kier molecular flexibility index (Phi) is 4.82. The minimum absolute atomic E-state index is 0.154. The summed E-state index contributed by atoms with van der Waals surface area (Å²) >= 11 is 0. The number of amides is 3. The van der Waals surface area contributed by atoms with Crippen molar-refractivity contribution in [2.75, 3.05) is 6.54 Å². The molecule has 0 aromatic heterocycles. The monoisotopic (exact) mass is 363 g/mol. The summed E-state index contributed by atoms with van der Waals surface area (Å²) in [6.45, 7) is 4.28. The van der Waals surface area contributed by atoms with Gasteiger partial charge >= 0.3 is 12.1 Å². The molecule has 1 saturated carbocycles. The van der Waals surface area contributed by atoms with Crippen molar-refractivity contribution in [3.05, 3.63) is 0 Å². The highest BCUT2D eigenvalue weighted by Crippen LogP contribution is 2.43. The van der Waals surface area contributed by atoms with Gasteiger partial charge in [0.2, 0.25) is 0 Å². The van der Waals surface area contributed by atoms with E-state index >= 15 is 0 Å². The Labute approximate surface area is 143 Å². The normalized spacial score (nSPS) is 24.6. The van der Waals surface area contributed by atoms with Crippen molar-refractivity contribution < 1.29 is 32.7 Å². The summed E-state index contributed by atoms with van der Waals surface area (Å²) in [6.07, 6.45) is -4.70. The topological polar surface area (TPSA) is 80.8 Å². The smallest absolute Gasteiger partial charge is 0.471 e. The zero-order valence-electron chi connectivity index (χ0n) is 14.5. The Morgan fingerprint density at radius 2 is 1.64 bits per heavy atom. The molecule has 25 heavy (non-hydrogen) atoms. The zero-order valence-corrected chi connectivity index (χ0v) is 14.5. The molecule has 2 aliphatic rings. The van der Waals surface area contributed by atoms with Crippen molar-refractivity contribution in [3.8, 4) is 0 Å². The number of nitrogens with zero attached hydrogens (tertiary/aromatic N) is 2. The summed E-state index contributed by atoms with van der Waals surface area (Å²) in [5.41, 5.74) is -2.44. The molecule has 1 spiro atoms. The number of hydrogen-bond donors (Lipinski definition) is 0. The molecule has 1 heterocycles. The van der Waals surface area contributed by atoms with Crippen molar-refractivity contribution in [1.82, 2.24) is 9.80 Å². The third-order valence-corrected chi connectivity index (χ3v) is 4.99. The van der Waals surface area contributed by atoms with Crippen LogP contribution in [0.25, 0.3) is 0 Å². The number of hydrogen-bond acceptors (Lipinski definition) is 4. The second-order valence-electron chi connectivity index (χ2n) is 7.92. The fourth-order valence-electron chi connectivity index (χ4n) is 4.01. The molecule has 1 aliphatic carbocycles. The number of imide groups is 1. The summed E-state index contributed by atoms with van der Waals surface area (Å²) in [6, 6.07) is -1.41. The van der Waals surface area contributed by atoms with E-state index in [9.17, 15) is 32.7 Å². The Morgan fingerprint density at radius 3 is 2.04 bits per heavy atom. The molecule has 3 amide bonds. The molecule has 0 aromatic rings. The van der Waals surface area contributed by atoms with Gasteiger partial charge in [0.05, 0.1) is 5.54 Å². The molecular weight excluding hydrogens is 341 g/mol. The van der Waals surface area contributed by atoms with Gasteiger partial charge in [0, 0.05) is 6.54 Å². The first-order valence-corrected chi connectivity index (χ1v) is 8.24. The van der Waals surface area contributed by atoms with Gasteiger partial charge in [0.1, 0.15) is 12.1 Å². The van der Waals surface area contributed by atoms with E-state index in [-0.39, 0.29) is 19.4 Å². The van der Waals surface area contributed by atoms with E-state index in [1.54, 1.807) is 20.8 Å². The van der Waals surface area contributed by atoms with Crippen molar-refractivity contribution in [1.29, 1.82) is 0 Å². The highest BCUT2D eigenvalue weighted by molar-refractivity contribution is 6.03. The minimum atomic E-state index is -5.20. The van der Waals surface area contributed by atoms with E-state index in [1.807, 2.05) is 0 Å². The van der Waals surface area contributed by atoms with E-state index < -0.39 is 41.1 Å². The van der Waals surface area contributed by atoms with Crippen LogP contribution in [0.15, 0.2) is 0 Å². The molecule has 1 atom stereocenters. The lowest BCUT2D eigenvalue weighted by Crippen LogP contribution is -2.75. The van der Waals surface area contributed by atoms with Crippen LogP contribution in [0.2, 0.25) is 0 Å². The van der Waals surface area contributed by atoms with Crippen LogP contribution in [0.3, 0.4) is 0 Å². The SMILES string of the molecule is CC(C)(C)C1C(=O)N(C(=O)C(F)(F)F)C2(CCCCC2)CN1C(=O)[O-]. The number of carbonyl (C=O) groups excluding carboxylic acids is 3. The average molecular weight is 363 g/mol. The van der Waals surface area contributed by atoms with Crippen LogP contribution in [-0.2, 0) is 9.59 Å². The molecule has 0 aromatic carbocycles. The second kappa shape index (κ2) is 6.17. The van der Waals surface area contributed by atoms with Gasteiger partial charge in [-0.05, 0) is 18.3 Å². The third kappa shape index (κ3) is 3.46. The summed E-state index contributed by atoms with van der Waals surface area (Å²) in [4.78, 5) is 37.7. The Hall–Kier alpha value is -1.80. The standard InChI is InChI=1S/C16H23F3N2O4/c1-14(2,3)10-11(22)21(12(23)16(17,18)19)15(7-5-4-6-8-15)9-20(10)13(24)25/h10H,4-9H2,1-3H3,(H,24,25)/p-1. The van der Waals surface area contributed by atoms with E-state index in [4.69, 9.17) is 0 Å². The number of halogens is 3. The van der Waals surface area contributed by atoms with Crippen LogP contribution in [-0.4, -0.2) is 52.0 Å². The highest BCUT2D eigenvalue weighted by atomic mass is 19.4. The molecule has 1 aliphatic heterocycles. The predicted octanol–water partition coefficient (Wildman–Crippen LogP) is 1.68. The summed E-state index contributed by atoms with van der Waals surface area (Å²) < 4.78 is 39.4. The quantitative estimate of drug-likeness (QED) is 0.656. The molecule has 9 heteroatoms. The van der Waals surface area contributed by atoms with E-state index in [2.05, 4.69) is 0 Å². The lowest BCUT2D eigenvalue weighted by atomic mass is 9.74. The lowest BCUT2D eigenvalue weighted by molar-refractivity contribution is -0.275. The summed E-state index contributed by atoms with van der Waals surface area (Å²) in [5, 5.41) is 11.6. The molecule has 0 N–H and O–H groups in total. The predicted molar refractivity (Wildman–Crippen MR) is 79.1 cm³/mol. The Balaban J connectivity index is 2.57. The maximum absolute atomic E-state index is 13.1. The van der Waals surface area contributed by atoms with Gasteiger partial charge in [-0.15, -0.1) is 0 Å². The van der Waals surface area contributed by atoms with E-state index in [0.29, 0.717) is 17.7 Å². The van der Waals surface area contributed by atoms with Gasteiger partial charge in [0.15, 0.2) is 0 Å². The first kappa shape index (κ1) is 19.5. The van der Waals surface area contributed by atoms with Crippen LogP contribution in [0.4, 0.5) is 18.0 Å². The maximum atomic E-state index is 13.1. The van der Waals surface area contributed by atoms with Crippen LogP contribution in [0.1, 0.15) is 52.9 Å². The maximum Gasteiger partial charge on any atom is 0.471 e. The fourth-order valence-corrected chi connectivity index (χ4v) is 4.01. The minimum Gasteiger partial charge on any atom is -0.530 e. The first-order valence-electron chi connectivity index (χ1n) is 8.24. The van der Waals surface area contributed by atoms with Crippen molar-refractivity contribution in [2.45, 2.75) is 70.6 Å². The zero-order chi connectivity index (χ0) is 19.2. The van der Waals surface area contributed by atoms with Gasteiger partial charge in [-0.25, -0.2) is 0 Å². The van der Waals surface area contributed by atoms with Gasteiger partial charge in [-0.1, -0.05) is 40.0 Å². The molecule has 1 unspecified atom stereocenters. The number of carbonyl (C=O) groups is 3. The molecule has 0 bridgehead atoms. The Morgan fingerprint density at radius 1 is 1.12 bits per heavy atom. The summed E-state index contributed by atoms with van der Waals surface area (Å²) in [5.74, 6) is -3.33. The van der Waals surface area contributed by atoms with E-state index in [0.717, 1.165) is 11.3 Å². The second-order valence-corrected chi connectivity index (χ2v) is 7.92. The number of rotatable bonds is 0. The van der Waals surface area contributed by atoms with Crippen LogP contribution < -0.4 is 5.11 Å². The van der Waals surface area contributed by atoms with Gasteiger partial charge in [-0.2, -0.15) is 13.2 Å². The number of carboxylic acid groups (broad SMARTS) is 1. The van der Waals surface area contributed by atoms with Gasteiger partial charge < -0.3 is 14.8 Å². The molecule has 1 saturated heterocycles. The summed E-state index contributed by atoms with van der Waals surface area (Å²) in [7, 11) is 0. The van der Waals surface area contributed by atoms with Crippen LogP contribution >= 0.6 is 0 Å². The average Bonchev–Trinajstić information content (AvgIpc) is 2.44. The molecule has 2 rings (SSSR count). The van der Waals surface area contributed by atoms with Gasteiger partial charge in [0.25, 0.3) is 5.91 Å². The van der Waals surface area contributed by atoms with Crippen molar-refractivity contribution >= 4 is 17.9 Å². The van der Waals surface area contributed by atoms with Crippen molar-refractivity contribution in [3.63, 3.8) is 0 Å². The van der Waals surface area contributed by atoms with Gasteiger partial charge in [-0.3, -0.25) is 14.5 Å². The highest BCUT2D eigenvalue weighted by Gasteiger charge is 2.60. The molecule has 142 valence electrons. The van der Waals surface area contributed by atoms with Crippen molar-refractivity contribution in [2.24, 2.45) is 5.41 Å². The molecular formula is C16H22F3N2O4-. The molecule has 6 nitrogen and oxygen atoms in total. The first-order chi connectivity index (χ1) is 11.3. The lowest BCUT2D eigenvalue weighted by Gasteiger charge is -2.57. The largest absolute Gasteiger partial charge is 0.530 e. The van der Waals surface area contributed by atoms with Crippen LogP contribution in [0.5, 0.6) is 0 Å². The number of piperazine rings is 1. The molecule has 2 fully saturated rings. The third-order valence-electron chi connectivity index (χ3n) is 4.99. The number of alkyl halides is 3. The van der Waals surface area contributed by atoms with Crippen LogP contribution in [0, 0.1) is 5.41 Å². The van der Waals surface area contributed by atoms with E-state index in [1.165, 1.54) is 0 Å². The molecule has 0 radical (unpaired) electrons. The fraction of sp³-hybridized carbons (Fsp3) is 0.812.